The van der Waals surface area contributed by atoms with Crippen LogP contribution in [0.15, 0.2) is 200 Å². The summed E-state index contributed by atoms with van der Waals surface area (Å²) in [6.45, 7) is 4.77. The monoisotopic (exact) mass is 677 g/mol. The molecule has 8 aromatic rings. The molecule has 2 atom stereocenters. The van der Waals surface area contributed by atoms with E-state index in [1.54, 1.807) is 0 Å². The Labute approximate surface area is 312 Å². The van der Waals surface area contributed by atoms with Gasteiger partial charge in [-0.2, -0.15) is 0 Å². The van der Waals surface area contributed by atoms with Gasteiger partial charge in [0.05, 0.1) is 5.69 Å². The minimum Gasteiger partial charge on any atom is -0.310 e. The minimum atomic E-state index is -0.252. The second-order valence-corrected chi connectivity index (χ2v) is 14.8. The topological polar surface area (TPSA) is 3.24 Å². The van der Waals surface area contributed by atoms with Crippen LogP contribution in [0.5, 0.6) is 0 Å². The quantitative estimate of drug-likeness (QED) is 0.169. The third-order valence-corrected chi connectivity index (χ3v) is 12.0. The molecule has 0 heterocycles. The van der Waals surface area contributed by atoms with Crippen molar-refractivity contribution in [2.45, 2.75) is 24.7 Å². The van der Waals surface area contributed by atoms with Crippen LogP contribution >= 0.6 is 0 Å². The predicted molar refractivity (Wildman–Crippen MR) is 221 cm³/mol. The van der Waals surface area contributed by atoms with Crippen molar-refractivity contribution in [2.24, 2.45) is 0 Å². The van der Waals surface area contributed by atoms with Gasteiger partial charge in [-0.15, -0.1) is 0 Å². The first kappa shape index (κ1) is 31.3. The Balaban J connectivity index is 1.21. The summed E-state index contributed by atoms with van der Waals surface area (Å²) in [5, 5.41) is 0. The number of rotatable bonds is 6. The highest BCUT2D eigenvalue weighted by Gasteiger charge is 2.42. The molecule has 2 unspecified atom stereocenters. The largest absolute Gasteiger partial charge is 0.310 e. The van der Waals surface area contributed by atoms with Crippen LogP contribution in [0.25, 0.3) is 33.4 Å². The van der Waals surface area contributed by atoms with E-state index in [-0.39, 0.29) is 10.8 Å². The lowest BCUT2D eigenvalue weighted by molar-refractivity contribution is 0.714. The molecule has 8 aromatic carbocycles. The van der Waals surface area contributed by atoms with E-state index in [9.17, 15) is 0 Å². The number of hydrogen-bond acceptors (Lipinski definition) is 1. The molecule has 1 nitrogen and oxygen atoms in total. The Bertz CT molecular complexity index is 2500. The zero-order valence-electron chi connectivity index (χ0n) is 30.0. The molecular formula is C52H39N. The molecule has 0 aliphatic heterocycles. The van der Waals surface area contributed by atoms with Gasteiger partial charge in [-0.25, -0.2) is 0 Å². The summed E-state index contributed by atoms with van der Waals surface area (Å²) in [6, 6.07) is 73.8. The summed E-state index contributed by atoms with van der Waals surface area (Å²) in [7, 11) is 0. The van der Waals surface area contributed by atoms with Gasteiger partial charge in [-0.05, 0) is 105 Å². The van der Waals surface area contributed by atoms with Gasteiger partial charge in [-0.1, -0.05) is 170 Å². The smallest absolute Gasteiger partial charge is 0.0540 e. The Morgan fingerprint density at radius 3 is 1.19 bits per heavy atom. The van der Waals surface area contributed by atoms with Crippen molar-refractivity contribution in [3.8, 4) is 33.4 Å². The lowest BCUT2D eigenvalue weighted by atomic mass is 9.74. The number of hydrogen-bond donors (Lipinski definition) is 0. The average Bonchev–Trinajstić information content (AvgIpc) is 3.65. The van der Waals surface area contributed by atoms with E-state index in [1.807, 2.05) is 0 Å². The number of para-hydroxylation sites is 1. The molecule has 1 heteroatoms. The number of benzene rings is 8. The Hall–Kier alpha value is -6.44. The van der Waals surface area contributed by atoms with Crippen LogP contribution in [0.4, 0.5) is 17.1 Å². The van der Waals surface area contributed by atoms with E-state index in [2.05, 4.69) is 219 Å². The van der Waals surface area contributed by atoms with Crippen molar-refractivity contribution in [3.63, 3.8) is 0 Å². The van der Waals surface area contributed by atoms with Crippen molar-refractivity contribution in [2.75, 3.05) is 4.90 Å². The molecule has 0 fully saturated rings. The van der Waals surface area contributed by atoms with E-state index in [1.165, 1.54) is 66.8 Å². The van der Waals surface area contributed by atoms with Crippen LogP contribution in [0.2, 0.25) is 0 Å². The van der Waals surface area contributed by atoms with Crippen molar-refractivity contribution < 1.29 is 0 Å². The highest BCUT2D eigenvalue weighted by molar-refractivity contribution is 5.94. The molecule has 10 rings (SSSR count). The molecule has 0 radical (unpaired) electrons. The highest BCUT2D eigenvalue weighted by atomic mass is 15.1. The number of fused-ring (bicyclic) bond motifs is 6. The second-order valence-electron chi connectivity index (χ2n) is 14.8. The molecule has 0 saturated carbocycles. The maximum absolute atomic E-state index is 2.48. The maximum atomic E-state index is 2.48. The molecule has 0 bridgehead atoms. The lowest BCUT2D eigenvalue weighted by Gasteiger charge is -2.31. The van der Waals surface area contributed by atoms with E-state index in [4.69, 9.17) is 0 Å². The van der Waals surface area contributed by atoms with Crippen LogP contribution in [-0.2, 0) is 10.8 Å². The molecule has 53 heavy (non-hydrogen) atoms. The molecule has 2 aliphatic carbocycles. The summed E-state index contributed by atoms with van der Waals surface area (Å²) in [4.78, 5) is 2.48. The fourth-order valence-electron chi connectivity index (χ4n) is 9.38. The average molecular weight is 678 g/mol. The van der Waals surface area contributed by atoms with Crippen molar-refractivity contribution >= 4 is 17.1 Å². The molecule has 252 valence electrons. The molecule has 0 aromatic heterocycles. The maximum Gasteiger partial charge on any atom is 0.0540 e. The van der Waals surface area contributed by atoms with Crippen molar-refractivity contribution in [1.29, 1.82) is 0 Å². The summed E-state index contributed by atoms with van der Waals surface area (Å²) >= 11 is 0. The summed E-state index contributed by atoms with van der Waals surface area (Å²) in [5.41, 5.74) is 18.5. The Morgan fingerprint density at radius 2 is 0.698 bits per heavy atom. The zero-order valence-corrected chi connectivity index (χ0v) is 30.0. The van der Waals surface area contributed by atoms with E-state index < -0.39 is 0 Å². The summed E-state index contributed by atoms with van der Waals surface area (Å²) in [6.07, 6.45) is 0. The standard InChI is InChI=1S/C52H39N/c1-51(37-20-8-4-9-21-37)46-27-15-12-25-42(46)44-34-39(30-32-48(44)51)53(50-29-17-14-24-41(50)36-18-6-3-7-19-36)40-31-33-49-45(35-40)43-26-13-16-28-47(43)52(49,2)38-22-10-5-11-23-38/h3-35H,1-2H3. The summed E-state index contributed by atoms with van der Waals surface area (Å²) < 4.78 is 0. The molecule has 0 saturated heterocycles. The predicted octanol–water partition coefficient (Wildman–Crippen LogP) is 13.5. The lowest BCUT2D eigenvalue weighted by Crippen LogP contribution is -2.22. The zero-order chi connectivity index (χ0) is 35.6. The highest BCUT2D eigenvalue weighted by Crippen LogP contribution is 2.56. The molecule has 0 spiro atoms. The normalized spacial score (nSPS) is 17.8. The van der Waals surface area contributed by atoms with Gasteiger partial charge in [0.1, 0.15) is 0 Å². The fourth-order valence-corrected chi connectivity index (χ4v) is 9.38. The molecule has 0 amide bonds. The van der Waals surface area contributed by atoms with E-state index in [0.29, 0.717) is 0 Å². The van der Waals surface area contributed by atoms with Gasteiger partial charge in [0.2, 0.25) is 0 Å². The second kappa shape index (κ2) is 12.1. The number of nitrogens with zero attached hydrogens (tertiary/aromatic N) is 1. The van der Waals surface area contributed by atoms with Gasteiger partial charge in [0.25, 0.3) is 0 Å². The third kappa shape index (κ3) is 4.64. The van der Waals surface area contributed by atoms with Crippen LogP contribution in [0.3, 0.4) is 0 Å². The van der Waals surface area contributed by atoms with Crippen LogP contribution < -0.4 is 4.90 Å². The van der Waals surface area contributed by atoms with Gasteiger partial charge in [0, 0.05) is 27.8 Å². The van der Waals surface area contributed by atoms with Crippen LogP contribution in [-0.4, -0.2) is 0 Å². The third-order valence-electron chi connectivity index (χ3n) is 12.0. The first-order chi connectivity index (χ1) is 26.1. The van der Waals surface area contributed by atoms with Gasteiger partial charge in [0.15, 0.2) is 0 Å². The Kier molecular flexibility index (Phi) is 7.13. The first-order valence-electron chi connectivity index (χ1n) is 18.6. The van der Waals surface area contributed by atoms with Gasteiger partial charge >= 0.3 is 0 Å². The SMILES string of the molecule is CC1(c2ccccc2)c2ccccc2-c2cc(N(c3ccc4c(c3)-c3ccccc3C4(C)c3ccccc3)c3ccccc3-c3ccccc3)ccc21. The minimum absolute atomic E-state index is 0.252. The molecule has 2 aliphatic rings. The van der Waals surface area contributed by atoms with E-state index in [0.717, 1.165) is 17.1 Å². The summed E-state index contributed by atoms with van der Waals surface area (Å²) in [5.74, 6) is 0. The van der Waals surface area contributed by atoms with Crippen LogP contribution in [0, 0.1) is 0 Å². The Morgan fingerprint density at radius 1 is 0.321 bits per heavy atom. The van der Waals surface area contributed by atoms with Gasteiger partial charge < -0.3 is 4.90 Å². The first-order valence-corrected chi connectivity index (χ1v) is 18.6. The van der Waals surface area contributed by atoms with Crippen molar-refractivity contribution in [1.82, 2.24) is 0 Å². The van der Waals surface area contributed by atoms with Crippen LogP contribution in [0.1, 0.15) is 47.2 Å². The van der Waals surface area contributed by atoms with Crippen molar-refractivity contribution in [3.05, 3.63) is 234 Å². The molecular weight excluding hydrogens is 639 g/mol. The van der Waals surface area contributed by atoms with Gasteiger partial charge in [-0.3, -0.25) is 0 Å². The number of anilines is 3. The molecule has 0 N–H and O–H groups in total. The fraction of sp³-hybridized carbons (Fsp3) is 0.0769. The van der Waals surface area contributed by atoms with E-state index >= 15 is 0 Å².